The molecule has 0 saturated carbocycles. The predicted molar refractivity (Wildman–Crippen MR) is 70.7 cm³/mol. The average molecular weight is 248 g/mol. The number of hydrogen-bond donors (Lipinski definition) is 1. The Morgan fingerprint density at radius 1 is 1.44 bits per heavy atom. The second kappa shape index (κ2) is 5.87. The maximum absolute atomic E-state index is 11.4. The molecular weight excluding hydrogens is 228 g/mol. The lowest BCUT2D eigenvalue weighted by molar-refractivity contribution is -0.121. The van der Waals surface area contributed by atoms with Crippen LogP contribution in [0.5, 0.6) is 5.75 Å². The van der Waals surface area contributed by atoms with Crippen molar-refractivity contribution < 1.29 is 9.53 Å². The van der Waals surface area contributed by atoms with Crippen LogP contribution in [0.1, 0.15) is 17.5 Å². The third kappa shape index (κ3) is 3.01. The van der Waals surface area contributed by atoms with Crippen LogP contribution in [0.25, 0.3) is 0 Å². The van der Waals surface area contributed by atoms with Gasteiger partial charge in [0.25, 0.3) is 0 Å². The van der Waals surface area contributed by atoms with Crippen LogP contribution in [0.3, 0.4) is 0 Å². The fourth-order valence-electron chi connectivity index (χ4n) is 2.35. The summed E-state index contributed by atoms with van der Waals surface area (Å²) in [7, 11) is 3.37. The highest BCUT2D eigenvalue weighted by Crippen LogP contribution is 2.23. The van der Waals surface area contributed by atoms with Gasteiger partial charge in [0.05, 0.1) is 13.7 Å². The number of nitrogens with zero attached hydrogens (tertiary/aromatic N) is 1. The standard InChI is InChI=1S/C14H20N2O2/c1-15-14(17)10-16-7-3-4-11-8-13(18-2)6-5-12(11)9-16/h5-6,8H,3-4,7,9-10H2,1-2H3,(H,15,17). The molecule has 0 radical (unpaired) electrons. The molecule has 1 aliphatic heterocycles. The molecule has 0 aliphatic carbocycles. The van der Waals surface area contributed by atoms with E-state index in [-0.39, 0.29) is 5.91 Å². The lowest BCUT2D eigenvalue weighted by Gasteiger charge is -2.19. The fraction of sp³-hybridized carbons (Fsp3) is 0.500. The van der Waals surface area contributed by atoms with Crippen molar-refractivity contribution in [3.63, 3.8) is 0 Å². The minimum Gasteiger partial charge on any atom is -0.497 e. The van der Waals surface area contributed by atoms with Crippen molar-refractivity contribution in [2.75, 3.05) is 27.2 Å². The number of rotatable bonds is 3. The molecule has 1 heterocycles. The lowest BCUT2D eigenvalue weighted by Crippen LogP contribution is -2.35. The summed E-state index contributed by atoms with van der Waals surface area (Å²) < 4.78 is 5.25. The molecule has 0 fully saturated rings. The molecule has 0 aromatic heterocycles. The van der Waals surface area contributed by atoms with E-state index < -0.39 is 0 Å². The molecule has 0 atom stereocenters. The minimum absolute atomic E-state index is 0.0759. The molecule has 4 nitrogen and oxygen atoms in total. The maximum atomic E-state index is 11.4. The Morgan fingerprint density at radius 3 is 3.00 bits per heavy atom. The molecule has 98 valence electrons. The summed E-state index contributed by atoms with van der Waals surface area (Å²) in [5, 5.41) is 2.67. The van der Waals surface area contributed by atoms with Crippen molar-refractivity contribution in [3.8, 4) is 5.75 Å². The zero-order valence-corrected chi connectivity index (χ0v) is 11.0. The highest BCUT2D eigenvalue weighted by Gasteiger charge is 2.16. The van der Waals surface area contributed by atoms with Gasteiger partial charge in [0.15, 0.2) is 0 Å². The van der Waals surface area contributed by atoms with E-state index in [1.165, 1.54) is 11.1 Å². The lowest BCUT2D eigenvalue weighted by atomic mass is 10.0. The number of likely N-dealkylation sites (N-methyl/N-ethyl adjacent to an activating group) is 1. The minimum atomic E-state index is 0.0759. The van der Waals surface area contributed by atoms with Crippen molar-refractivity contribution in [2.45, 2.75) is 19.4 Å². The Bertz CT molecular complexity index is 432. The Kier molecular flexibility index (Phi) is 4.20. The van der Waals surface area contributed by atoms with E-state index in [4.69, 9.17) is 4.74 Å². The van der Waals surface area contributed by atoms with Crippen molar-refractivity contribution in [1.82, 2.24) is 10.2 Å². The topological polar surface area (TPSA) is 41.6 Å². The highest BCUT2D eigenvalue weighted by molar-refractivity contribution is 5.77. The molecule has 0 saturated heterocycles. The van der Waals surface area contributed by atoms with Crippen LogP contribution in [0, 0.1) is 0 Å². The first-order valence-electron chi connectivity index (χ1n) is 6.31. The van der Waals surface area contributed by atoms with Gasteiger partial charge in [0.2, 0.25) is 5.91 Å². The summed E-state index contributed by atoms with van der Waals surface area (Å²) in [4.78, 5) is 13.6. The molecule has 18 heavy (non-hydrogen) atoms. The molecule has 0 bridgehead atoms. The van der Waals surface area contributed by atoms with Crippen molar-refractivity contribution >= 4 is 5.91 Å². The van der Waals surface area contributed by atoms with Crippen molar-refractivity contribution in [1.29, 1.82) is 0 Å². The van der Waals surface area contributed by atoms with Gasteiger partial charge in [-0.15, -0.1) is 0 Å². The first-order valence-corrected chi connectivity index (χ1v) is 6.31. The van der Waals surface area contributed by atoms with Crippen molar-refractivity contribution in [2.24, 2.45) is 0 Å². The van der Waals surface area contributed by atoms with Crippen LogP contribution in [-0.4, -0.2) is 38.1 Å². The predicted octanol–water partition coefficient (Wildman–Crippen LogP) is 1.19. The monoisotopic (exact) mass is 248 g/mol. The number of benzene rings is 1. The van der Waals surface area contributed by atoms with E-state index in [0.29, 0.717) is 6.54 Å². The Balaban J connectivity index is 2.12. The fourth-order valence-corrected chi connectivity index (χ4v) is 2.35. The number of methoxy groups -OCH3 is 1. The second-order valence-corrected chi connectivity index (χ2v) is 4.62. The number of aryl methyl sites for hydroxylation is 1. The van der Waals surface area contributed by atoms with Gasteiger partial charge in [-0.2, -0.15) is 0 Å². The number of nitrogens with one attached hydrogen (secondary N) is 1. The molecule has 2 rings (SSSR count). The molecule has 1 N–H and O–H groups in total. The van der Waals surface area contributed by atoms with Crippen LogP contribution < -0.4 is 10.1 Å². The smallest absolute Gasteiger partial charge is 0.233 e. The number of hydrogen-bond acceptors (Lipinski definition) is 3. The van der Waals surface area contributed by atoms with Gasteiger partial charge in [0, 0.05) is 13.6 Å². The Labute approximate surface area is 108 Å². The van der Waals surface area contributed by atoms with Gasteiger partial charge in [-0.3, -0.25) is 9.69 Å². The van der Waals surface area contributed by atoms with E-state index in [0.717, 1.165) is 31.7 Å². The van der Waals surface area contributed by atoms with E-state index in [1.54, 1.807) is 14.2 Å². The third-order valence-corrected chi connectivity index (χ3v) is 3.37. The van der Waals surface area contributed by atoms with Gasteiger partial charge in [-0.1, -0.05) is 6.07 Å². The van der Waals surface area contributed by atoms with E-state index in [2.05, 4.69) is 22.3 Å². The Morgan fingerprint density at radius 2 is 2.28 bits per heavy atom. The molecular formula is C14H20N2O2. The van der Waals surface area contributed by atoms with Gasteiger partial charge >= 0.3 is 0 Å². The molecule has 1 aromatic rings. The van der Waals surface area contributed by atoms with Crippen LogP contribution in [-0.2, 0) is 17.8 Å². The first-order chi connectivity index (χ1) is 8.72. The largest absolute Gasteiger partial charge is 0.497 e. The molecule has 1 amide bonds. The summed E-state index contributed by atoms with van der Waals surface area (Å²) in [6.07, 6.45) is 2.13. The number of fused-ring (bicyclic) bond motifs is 1. The third-order valence-electron chi connectivity index (χ3n) is 3.37. The highest BCUT2D eigenvalue weighted by atomic mass is 16.5. The zero-order valence-electron chi connectivity index (χ0n) is 11.0. The van der Waals surface area contributed by atoms with Gasteiger partial charge in [-0.05, 0) is 42.6 Å². The number of ether oxygens (including phenoxy) is 1. The summed E-state index contributed by atoms with van der Waals surface area (Å²) in [5.74, 6) is 0.987. The molecule has 0 unspecified atom stereocenters. The second-order valence-electron chi connectivity index (χ2n) is 4.62. The van der Waals surface area contributed by atoms with Crippen LogP contribution in [0.2, 0.25) is 0 Å². The average Bonchev–Trinajstić information content (AvgIpc) is 2.59. The van der Waals surface area contributed by atoms with Gasteiger partial charge < -0.3 is 10.1 Å². The number of carbonyl (C=O) groups excluding carboxylic acids is 1. The molecule has 1 aromatic carbocycles. The maximum Gasteiger partial charge on any atom is 0.233 e. The quantitative estimate of drug-likeness (QED) is 0.873. The summed E-state index contributed by atoms with van der Waals surface area (Å²) >= 11 is 0. The van der Waals surface area contributed by atoms with Gasteiger partial charge in [0.1, 0.15) is 5.75 Å². The Hall–Kier alpha value is -1.55. The van der Waals surface area contributed by atoms with E-state index >= 15 is 0 Å². The van der Waals surface area contributed by atoms with Crippen LogP contribution in [0.4, 0.5) is 0 Å². The molecule has 4 heteroatoms. The molecule has 0 spiro atoms. The number of carbonyl (C=O) groups is 1. The van der Waals surface area contributed by atoms with E-state index in [9.17, 15) is 4.79 Å². The SMILES string of the molecule is CNC(=O)CN1CCCc2cc(OC)ccc2C1. The molecule has 1 aliphatic rings. The first kappa shape index (κ1) is 12.9. The number of amides is 1. The zero-order chi connectivity index (χ0) is 13.0. The normalized spacial score (nSPS) is 15.7. The summed E-state index contributed by atoms with van der Waals surface area (Å²) in [5.41, 5.74) is 2.64. The van der Waals surface area contributed by atoms with Crippen LogP contribution in [0.15, 0.2) is 18.2 Å². The van der Waals surface area contributed by atoms with Crippen LogP contribution >= 0.6 is 0 Å². The van der Waals surface area contributed by atoms with E-state index in [1.807, 2.05) is 6.07 Å². The van der Waals surface area contributed by atoms with Gasteiger partial charge in [-0.25, -0.2) is 0 Å². The summed E-state index contributed by atoms with van der Waals surface area (Å²) in [6.45, 7) is 2.28. The summed E-state index contributed by atoms with van der Waals surface area (Å²) in [6, 6.07) is 6.21. The van der Waals surface area contributed by atoms with Crippen molar-refractivity contribution in [3.05, 3.63) is 29.3 Å².